The Morgan fingerprint density at radius 1 is 1.16 bits per heavy atom. The number of rotatable bonds is 3. The molecule has 1 aromatic carbocycles. The van der Waals surface area contributed by atoms with Gasteiger partial charge in [-0.25, -0.2) is 9.69 Å². The first-order chi connectivity index (χ1) is 15.4. The van der Waals surface area contributed by atoms with E-state index in [1.54, 1.807) is 36.4 Å². The minimum Gasteiger partial charge on any atom is -0.453 e. The minimum atomic E-state index is -1.06. The molecule has 1 spiro atoms. The van der Waals surface area contributed by atoms with E-state index in [-0.39, 0.29) is 42.8 Å². The Kier molecular flexibility index (Phi) is 3.88. The summed E-state index contributed by atoms with van der Waals surface area (Å²) >= 11 is 0. The maximum Gasteiger partial charge on any atom is 0.409 e. The molecule has 5 aliphatic rings. The number of para-hydroxylation sites is 1. The monoisotopic (exact) mass is 436 g/mol. The number of methoxy groups -OCH3 is 1. The van der Waals surface area contributed by atoms with Crippen LogP contribution in [0.15, 0.2) is 55.6 Å². The Morgan fingerprint density at radius 2 is 1.91 bits per heavy atom. The summed E-state index contributed by atoms with van der Waals surface area (Å²) in [6.45, 7) is 8.34. The zero-order valence-corrected chi connectivity index (χ0v) is 17.7. The van der Waals surface area contributed by atoms with E-state index in [1.165, 1.54) is 16.9 Å². The van der Waals surface area contributed by atoms with Crippen molar-refractivity contribution < 1.29 is 28.6 Å². The highest BCUT2D eigenvalue weighted by Crippen LogP contribution is 2.69. The molecule has 0 unspecified atom stereocenters. The lowest BCUT2D eigenvalue weighted by atomic mass is 9.56. The molecule has 3 amide bonds. The van der Waals surface area contributed by atoms with Gasteiger partial charge >= 0.3 is 6.09 Å². The van der Waals surface area contributed by atoms with Crippen molar-refractivity contribution in [2.24, 2.45) is 23.7 Å². The largest absolute Gasteiger partial charge is 0.453 e. The Hall–Kier alpha value is -2.97. The first-order valence-corrected chi connectivity index (χ1v) is 10.8. The highest BCUT2D eigenvalue weighted by molar-refractivity contribution is 6.23. The molecular weight excluding hydrogens is 412 g/mol. The highest BCUT2D eigenvalue weighted by atomic mass is 16.6. The van der Waals surface area contributed by atoms with Crippen LogP contribution in [0.3, 0.4) is 0 Å². The molecule has 0 N–H and O–H groups in total. The number of nitrogens with zero attached hydrogens (tertiary/aromatic N) is 2. The topological polar surface area (TPSA) is 85.4 Å². The van der Waals surface area contributed by atoms with Gasteiger partial charge in [-0.2, -0.15) is 0 Å². The molecule has 32 heavy (non-hydrogen) atoms. The van der Waals surface area contributed by atoms with Crippen LogP contribution in [0, 0.1) is 23.7 Å². The number of hydrogen-bond donors (Lipinski definition) is 0. The van der Waals surface area contributed by atoms with E-state index in [0.717, 1.165) is 0 Å². The number of anilines is 1. The van der Waals surface area contributed by atoms with Crippen molar-refractivity contribution >= 4 is 23.6 Å². The van der Waals surface area contributed by atoms with Crippen LogP contribution in [-0.2, 0) is 23.8 Å². The van der Waals surface area contributed by atoms with E-state index >= 15 is 0 Å². The van der Waals surface area contributed by atoms with Crippen LogP contribution >= 0.6 is 0 Å². The van der Waals surface area contributed by atoms with Crippen molar-refractivity contribution in [3.63, 3.8) is 0 Å². The molecule has 6 rings (SSSR count). The van der Waals surface area contributed by atoms with E-state index in [4.69, 9.17) is 14.2 Å². The zero-order valence-electron chi connectivity index (χ0n) is 17.7. The van der Waals surface area contributed by atoms with Crippen molar-refractivity contribution in [1.29, 1.82) is 0 Å². The van der Waals surface area contributed by atoms with E-state index < -0.39 is 35.2 Å². The highest BCUT2D eigenvalue weighted by Gasteiger charge is 2.83. The maximum atomic E-state index is 13.8. The third-order valence-corrected chi connectivity index (χ3v) is 8.04. The number of fused-ring (bicyclic) bond motifs is 4. The van der Waals surface area contributed by atoms with Crippen LogP contribution in [-0.4, -0.2) is 66.4 Å². The first kappa shape index (κ1) is 19.7. The average Bonchev–Trinajstić information content (AvgIpc) is 3.51. The van der Waals surface area contributed by atoms with Crippen LogP contribution in [0.2, 0.25) is 0 Å². The zero-order chi connectivity index (χ0) is 22.4. The van der Waals surface area contributed by atoms with Gasteiger partial charge in [-0.15, -0.1) is 13.2 Å². The number of carbonyl (C=O) groups excluding carboxylic acids is 3. The molecule has 0 radical (unpaired) electrons. The SMILES string of the molecule is C=C[C@H]1O[C@]2(C=C)CN(C(=O)OC)C[C@@]34O[C@@H]([C@H]5C(=O)N(c6ccccc6)C(=O)[C@H]53)[C@H]1[C@@H]42. The molecule has 5 heterocycles. The minimum absolute atomic E-state index is 0.154. The summed E-state index contributed by atoms with van der Waals surface area (Å²) in [5.74, 6) is -2.28. The number of amides is 3. The fourth-order valence-corrected chi connectivity index (χ4v) is 7.11. The van der Waals surface area contributed by atoms with Gasteiger partial charge in [0, 0.05) is 11.8 Å². The normalized spacial score (nSPS) is 43.3. The first-order valence-electron chi connectivity index (χ1n) is 10.8. The van der Waals surface area contributed by atoms with Gasteiger partial charge in [-0.05, 0) is 12.1 Å². The summed E-state index contributed by atoms with van der Waals surface area (Å²) in [6, 6.07) is 8.94. The predicted molar refractivity (Wildman–Crippen MR) is 112 cm³/mol. The third kappa shape index (κ3) is 2.07. The van der Waals surface area contributed by atoms with Crippen LogP contribution in [0.4, 0.5) is 10.5 Å². The molecule has 8 heteroatoms. The number of ether oxygens (including phenoxy) is 3. The van der Waals surface area contributed by atoms with Crippen molar-refractivity contribution in [2.75, 3.05) is 25.1 Å². The van der Waals surface area contributed by atoms with E-state index in [2.05, 4.69) is 13.2 Å². The Balaban J connectivity index is 1.51. The van der Waals surface area contributed by atoms with Gasteiger partial charge in [0.15, 0.2) is 0 Å². The summed E-state index contributed by atoms with van der Waals surface area (Å²) in [4.78, 5) is 42.7. The molecule has 5 saturated heterocycles. The summed E-state index contributed by atoms with van der Waals surface area (Å²) in [7, 11) is 1.31. The van der Waals surface area contributed by atoms with E-state index in [9.17, 15) is 14.4 Å². The van der Waals surface area contributed by atoms with E-state index in [0.29, 0.717) is 5.69 Å². The van der Waals surface area contributed by atoms with Crippen LogP contribution in [0.25, 0.3) is 0 Å². The summed E-state index contributed by atoms with van der Waals surface area (Å²) in [5, 5.41) is 0. The Morgan fingerprint density at radius 3 is 2.56 bits per heavy atom. The molecular formula is C24H24N2O6. The number of likely N-dealkylation sites (tertiary alicyclic amines) is 1. The van der Waals surface area contributed by atoms with Crippen LogP contribution in [0.5, 0.6) is 0 Å². The van der Waals surface area contributed by atoms with Crippen molar-refractivity contribution in [3.05, 3.63) is 55.6 Å². The standard InChI is InChI=1S/C24H24N2O6/c1-4-14-15-18-16-17(21(28)26(20(16)27)13-9-7-6-8-10-13)24(32-18)12-25(22(29)30-3)11-23(5-2,31-14)19(15)24/h4-10,14-19H,1-2,11-12H2,3H3/t14-,15+,16+,17+,18-,19-,23-,24-/m1/s1. The number of piperidine rings is 1. The fourth-order valence-electron chi connectivity index (χ4n) is 7.11. The fraction of sp³-hybridized carbons (Fsp3) is 0.458. The van der Waals surface area contributed by atoms with Gasteiger partial charge in [0.25, 0.3) is 0 Å². The van der Waals surface area contributed by atoms with Crippen molar-refractivity contribution in [3.8, 4) is 0 Å². The number of benzene rings is 1. The van der Waals surface area contributed by atoms with Gasteiger partial charge in [0.1, 0.15) is 11.2 Å². The molecule has 166 valence electrons. The summed E-state index contributed by atoms with van der Waals surface area (Å²) in [6.07, 6.45) is 2.02. The number of hydrogen-bond acceptors (Lipinski definition) is 6. The molecule has 5 fully saturated rings. The smallest absolute Gasteiger partial charge is 0.409 e. The maximum absolute atomic E-state index is 13.8. The average molecular weight is 436 g/mol. The number of carbonyl (C=O) groups is 3. The molecule has 2 bridgehead atoms. The lowest BCUT2D eigenvalue weighted by Gasteiger charge is -2.51. The van der Waals surface area contributed by atoms with Crippen LogP contribution < -0.4 is 4.90 Å². The molecule has 1 aromatic rings. The Labute approximate surface area is 185 Å². The van der Waals surface area contributed by atoms with Crippen molar-refractivity contribution in [1.82, 2.24) is 4.90 Å². The quantitative estimate of drug-likeness (QED) is 0.530. The van der Waals surface area contributed by atoms with E-state index in [1.807, 2.05) is 6.07 Å². The van der Waals surface area contributed by atoms with Gasteiger partial charge < -0.3 is 19.1 Å². The lowest BCUT2D eigenvalue weighted by Crippen LogP contribution is -2.68. The summed E-state index contributed by atoms with van der Waals surface area (Å²) < 4.78 is 18.0. The van der Waals surface area contributed by atoms with Gasteiger partial charge in [-0.1, -0.05) is 30.4 Å². The van der Waals surface area contributed by atoms with Gasteiger partial charge in [-0.3, -0.25) is 9.59 Å². The molecule has 0 aliphatic carbocycles. The molecule has 8 nitrogen and oxygen atoms in total. The second-order valence-electron chi connectivity index (χ2n) is 9.25. The van der Waals surface area contributed by atoms with Crippen LogP contribution in [0.1, 0.15) is 0 Å². The second-order valence-corrected chi connectivity index (χ2v) is 9.25. The van der Waals surface area contributed by atoms with Crippen molar-refractivity contribution in [2.45, 2.75) is 23.4 Å². The molecule has 8 atom stereocenters. The van der Waals surface area contributed by atoms with Gasteiger partial charge in [0.05, 0.1) is 49.9 Å². The molecule has 0 aromatic heterocycles. The second kappa shape index (κ2) is 6.30. The lowest BCUT2D eigenvalue weighted by molar-refractivity contribution is -0.159. The molecule has 5 aliphatic heterocycles. The Bertz CT molecular complexity index is 1060. The molecule has 0 saturated carbocycles. The predicted octanol–water partition coefficient (Wildman–Crippen LogP) is 1.77. The number of imide groups is 1. The third-order valence-electron chi connectivity index (χ3n) is 8.04. The summed E-state index contributed by atoms with van der Waals surface area (Å²) in [5.41, 5.74) is -1.43. The van der Waals surface area contributed by atoms with Gasteiger partial charge in [0.2, 0.25) is 11.8 Å².